The summed E-state index contributed by atoms with van der Waals surface area (Å²) in [6.07, 6.45) is 0.385. The first kappa shape index (κ1) is 14.3. The molecule has 0 bridgehead atoms. The molecular weight excluding hydrogens is 236 g/mol. The summed E-state index contributed by atoms with van der Waals surface area (Å²) in [6, 6.07) is 9.88. The number of aliphatic hydroxyl groups is 1. The van der Waals surface area contributed by atoms with E-state index >= 15 is 0 Å². The van der Waals surface area contributed by atoms with Gasteiger partial charge in [-0.2, -0.15) is 0 Å². The van der Waals surface area contributed by atoms with Gasteiger partial charge in [-0.25, -0.2) is 0 Å². The summed E-state index contributed by atoms with van der Waals surface area (Å²) < 4.78 is 0. The van der Waals surface area contributed by atoms with Crippen molar-refractivity contribution in [3.63, 3.8) is 0 Å². The van der Waals surface area contributed by atoms with Crippen molar-refractivity contribution in [1.82, 2.24) is 5.32 Å². The number of hydrogen-bond acceptors (Lipinski definition) is 3. The summed E-state index contributed by atoms with van der Waals surface area (Å²) in [5, 5.41) is 13.0. The first-order valence-corrected chi connectivity index (χ1v) is 6.46. The van der Waals surface area contributed by atoms with Gasteiger partial charge in [0.05, 0.1) is 5.50 Å². The number of alkyl halides is 1. The zero-order valence-corrected chi connectivity index (χ0v) is 11.2. The Labute approximate surface area is 108 Å². The second kappa shape index (κ2) is 7.54. The third kappa shape index (κ3) is 4.94. The highest BCUT2D eigenvalue weighted by Crippen LogP contribution is 2.14. The van der Waals surface area contributed by atoms with Crippen molar-refractivity contribution in [2.24, 2.45) is 0 Å². The van der Waals surface area contributed by atoms with Gasteiger partial charge in [-0.3, -0.25) is 5.32 Å². The number of halogens is 1. The Bertz CT molecular complexity index is 306. The van der Waals surface area contributed by atoms with Gasteiger partial charge in [0.1, 0.15) is 6.23 Å². The van der Waals surface area contributed by atoms with Gasteiger partial charge < -0.3 is 10.0 Å². The van der Waals surface area contributed by atoms with E-state index in [9.17, 15) is 5.11 Å². The van der Waals surface area contributed by atoms with E-state index in [0.29, 0.717) is 0 Å². The fourth-order valence-corrected chi connectivity index (χ4v) is 1.75. The van der Waals surface area contributed by atoms with E-state index in [2.05, 4.69) is 5.32 Å². The average molecular weight is 257 g/mol. The van der Waals surface area contributed by atoms with E-state index in [1.54, 1.807) is 6.92 Å². The highest BCUT2D eigenvalue weighted by molar-refractivity contribution is 6.20. The third-order valence-corrected chi connectivity index (χ3v) is 3.08. The topological polar surface area (TPSA) is 35.5 Å². The summed E-state index contributed by atoms with van der Waals surface area (Å²) in [7, 11) is 0. The molecule has 0 aliphatic heterocycles. The summed E-state index contributed by atoms with van der Waals surface area (Å²) >= 11 is 5.98. The maximum atomic E-state index is 9.75. The van der Waals surface area contributed by atoms with Crippen LogP contribution in [0.4, 0.5) is 5.69 Å². The molecule has 0 aliphatic carbocycles. The van der Waals surface area contributed by atoms with Gasteiger partial charge in [0.2, 0.25) is 0 Å². The fourth-order valence-electron chi connectivity index (χ4n) is 1.64. The van der Waals surface area contributed by atoms with Gasteiger partial charge in [0, 0.05) is 18.8 Å². The number of nitrogens with one attached hydrogen (secondary N) is 1. The molecule has 17 heavy (non-hydrogen) atoms. The predicted octanol–water partition coefficient (Wildman–Crippen LogP) is 2.40. The van der Waals surface area contributed by atoms with Crippen molar-refractivity contribution in [3.8, 4) is 0 Å². The lowest BCUT2D eigenvalue weighted by molar-refractivity contribution is 0.188. The van der Waals surface area contributed by atoms with E-state index in [4.69, 9.17) is 11.6 Å². The number of benzene rings is 1. The molecule has 2 unspecified atom stereocenters. The molecular formula is C13H21ClN2O. The van der Waals surface area contributed by atoms with Crippen LogP contribution in [0.5, 0.6) is 0 Å². The lowest BCUT2D eigenvalue weighted by atomic mass is 10.2. The number of rotatable bonds is 7. The monoisotopic (exact) mass is 256 g/mol. The third-order valence-electron chi connectivity index (χ3n) is 2.62. The number of aliphatic hydroxyl groups excluding tert-OH is 1. The minimum Gasteiger partial charge on any atom is -0.374 e. The molecule has 0 spiro atoms. The average Bonchev–Trinajstić information content (AvgIpc) is 2.34. The van der Waals surface area contributed by atoms with Crippen LogP contribution in [0.3, 0.4) is 0 Å². The van der Waals surface area contributed by atoms with Gasteiger partial charge in [-0.1, -0.05) is 25.1 Å². The molecule has 96 valence electrons. The Morgan fingerprint density at radius 1 is 1.35 bits per heavy atom. The second-order valence-corrected chi connectivity index (χ2v) is 4.52. The first-order chi connectivity index (χ1) is 8.15. The highest BCUT2D eigenvalue weighted by Gasteiger charge is 2.11. The molecule has 0 saturated heterocycles. The molecule has 1 aromatic rings. The van der Waals surface area contributed by atoms with E-state index in [-0.39, 0.29) is 5.50 Å². The molecule has 4 heteroatoms. The quantitative estimate of drug-likeness (QED) is 0.447. The summed E-state index contributed by atoms with van der Waals surface area (Å²) in [5.41, 5.74) is 1.02. The van der Waals surface area contributed by atoms with Gasteiger partial charge in [-0.05, 0) is 25.5 Å². The first-order valence-electron chi connectivity index (χ1n) is 6.02. The number of nitrogens with zero attached hydrogens (tertiary/aromatic N) is 1. The smallest absolute Gasteiger partial charge is 0.124 e. The molecule has 2 atom stereocenters. The molecule has 0 aromatic heterocycles. The molecule has 1 aromatic carbocycles. The van der Waals surface area contributed by atoms with Gasteiger partial charge in [-0.15, -0.1) is 11.6 Å². The van der Waals surface area contributed by atoms with Crippen molar-refractivity contribution in [2.75, 3.05) is 18.0 Å². The van der Waals surface area contributed by atoms with Gasteiger partial charge in [0.25, 0.3) is 0 Å². The largest absolute Gasteiger partial charge is 0.374 e. The van der Waals surface area contributed by atoms with Crippen LogP contribution in [0.2, 0.25) is 0 Å². The second-order valence-electron chi connectivity index (χ2n) is 3.99. The molecule has 0 saturated carbocycles. The van der Waals surface area contributed by atoms with Crippen molar-refractivity contribution in [1.29, 1.82) is 0 Å². The summed E-state index contributed by atoms with van der Waals surface area (Å²) in [4.78, 5) is 1.94. The SMILES string of the molecule is CCC(Cl)NCCN(c1ccccc1)C(C)O. The normalized spacial score (nSPS) is 14.4. The Morgan fingerprint density at radius 3 is 2.53 bits per heavy atom. The molecule has 0 heterocycles. The van der Waals surface area contributed by atoms with Crippen LogP contribution < -0.4 is 10.2 Å². The molecule has 0 aliphatic rings. The van der Waals surface area contributed by atoms with Crippen LogP contribution in [-0.2, 0) is 0 Å². The van der Waals surface area contributed by atoms with Gasteiger partial charge >= 0.3 is 0 Å². The Hall–Kier alpha value is -0.770. The number of para-hydroxylation sites is 1. The molecule has 1 rings (SSSR count). The van der Waals surface area contributed by atoms with Crippen LogP contribution in [-0.4, -0.2) is 29.9 Å². The maximum absolute atomic E-state index is 9.75. The predicted molar refractivity (Wildman–Crippen MR) is 73.4 cm³/mol. The Kier molecular flexibility index (Phi) is 6.34. The van der Waals surface area contributed by atoms with Crippen LogP contribution in [0, 0.1) is 0 Å². The standard InChI is InChI=1S/C13H21ClN2O/c1-3-13(14)15-9-10-16(11(2)17)12-7-5-4-6-8-12/h4-8,11,13,15,17H,3,9-10H2,1-2H3. The van der Waals surface area contributed by atoms with Crippen molar-refractivity contribution in [3.05, 3.63) is 30.3 Å². The van der Waals surface area contributed by atoms with Crippen molar-refractivity contribution < 1.29 is 5.11 Å². The van der Waals surface area contributed by atoms with Crippen molar-refractivity contribution in [2.45, 2.75) is 32.0 Å². The summed E-state index contributed by atoms with van der Waals surface area (Å²) in [6.45, 7) is 5.28. The van der Waals surface area contributed by atoms with Crippen LogP contribution in [0.1, 0.15) is 20.3 Å². The molecule has 0 amide bonds. The van der Waals surface area contributed by atoms with Crippen LogP contribution >= 0.6 is 11.6 Å². The maximum Gasteiger partial charge on any atom is 0.124 e. The van der Waals surface area contributed by atoms with Crippen LogP contribution in [0.15, 0.2) is 30.3 Å². The zero-order chi connectivity index (χ0) is 12.7. The van der Waals surface area contributed by atoms with E-state index in [1.165, 1.54) is 0 Å². The van der Waals surface area contributed by atoms with E-state index in [1.807, 2.05) is 42.2 Å². The van der Waals surface area contributed by atoms with E-state index < -0.39 is 6.23 Å². The molecule has 3 nitrogen and oxygen atoms in total. The number of hydrogen-bond donors (Lipinski definition) is 2. The van der Waals surface area contributed by atoms with Crippen LogP contribution in [0.25, 0.3) is 0 Å². The zero-order valence-electron chi connectivity index (χ0n) is 10.4. The lowest BCUT2D eigenvalue weighted by Gasteiger charge is -2.28. The minimum absolute atomic E-state index is 0.00150. The molecule has 0 fully saturated rings. The number of anilines is 1. The molecule has 2 N–H and O–H groups in total. The summed E-state index contributed by atoms with van der Waals surface area (Å²) in [5.74, 6) is 0. The van der Waals surface area contributed by atoms with Crippen molar-refractivity contribution >= 4 is 17.3 Å². The Morgan fingerprint density at radius 2 is 2.00 bits per heavy atom. The van der Waals surface area contributed by atoms with Gasteiger partial charge in [0.15, 0.2) is 0 Å². The fraction of sp³-hybridized carbons (Fsp3) is 0.538. The van der Waals surface area contributed by atoms with E-state index in [0.717, 1.165) is 25.2 Å². The lowest BCUT2D eigenvalue weighted by Crippen LogP contribution is -2.39. The minimum atomic E-state index is -0.505. The molecule has 0 radical (unpaired) electrons. The Balaban J connectivity index is 2.50. The highest BCUT2D eigenvalue weighted by atomic mass is 35.5.